The van der Waals surface area contributed by atoms with E-state index in [0.717, 1.165) is 37.2 Å². The molecule has 1 aromatic heterocycles. The fourth-order valence-electron chi connectivity index (χ4n) is 3.71. The van der Waals surface area contributed by atoms with Crippen molar-refractivity contribution < 1.29 is 12.8 Å². The molecule has 0 amide bonds. The molecule has 1 aliphatic heterocycles. The molecule has 5 nitrogen and oxygen atoms in total. The smallest absolute Gasteiger partial charge is 0.208 e. The van der Waals surface area contributed by atoms with Crippen LogP contribution in [0.1, 0.15) is 18.4 Å². The van der Waals surface area contributed by atoms with Crippen molar-refractivity contribution in [1.29, 1.82) is 0 Å². The molecule has 0 unspecified atom stereocenters. The van der Waals surface area contributed by atoms with E-state index in [-0.39, 0.29) is 9.79 Å². The number of H-pyrrole nitrogens is 1. The Kier molecular flexibility index (Phi) is 4.89. The van der Waals surface area contributed by atoms with E-state index in [2.05, 4.69) is 22.2 Å². The Morgan fingerprint density at radius 1 is 1.14 bits per heavy atom. The summed E-state index contributed by atoms with van der Waals surface area (Å²) >= 11 is 0. The standard InChI is InChI=1S/C21H24FN3O2S/c1-14-3-5-17(12-20(14)24-16-7-9-25(2)10-8-16)28(26,27)21-13-23-19-6-4-15(22)11-18(19)21/h3-6,11-13,16,23-24H,7-10H2,1-2H3. The Labute approximate surface area is 164 Å². The molecule has 2 heterocycles. The molecule has 4 rings (SSSR count). The number of benzene rings is 2. The van der Waals surface area contributed by atoms with Crippen LogP contribution in [0.5, 0.6) is 0 Å². The minimum absolute atomic E-state index is 0.0936. The van der Waals surface area contributed by atoms with Crippen LogP contribution in [0.25, 0.3) is 10.9 Å². The van der Waals surface area contributed by atoms with Crippen LogP contribution in [0.3, 0.4) is 0 Å². The molecule has 28 heavy (non-hydrogen) atoms. The highest BCUT2D eigenvalue weighted by Gasteiger charge is 2.24. The summed E-state index contributed by atoms with van der Waals surface area (Å²) in [4.78, 5) is 5.52. The first-order valence-corrected chi connectivity index (χ1v) is 10.9. The third kappa shape index (κ3) is 3.52. The van der Waals surface area contributed by atoms with Gasteiger partial charge in [-0.25, -0.2) is 12.8 Å². The monoisotopic (exact) mass is 401 g/mol. The minimum atomic E-state index is -3.77. The Morgan fingerprint density at radius 2 is 1.89 bits per heavy atom. The third-order valence-corrected chi connectivity index (χ3v) is 7.28. The van der Waals surface area contributed by atoms with Gasteiger partial charge in [0.15, 0.2) is 0 Å². The minimum Gasteiger partial charge on any atom is -0.382 e. The zero-order valence-electron chi connectivity index (χ0n) is 16.0. The van der Waals surface area contributed by atoms with Crippen LogP contribution in [-0.4, -0.2) is 44.5 Å². The van der Waals surface area contributed by atoms with E-state index in [4.69, 9.17) is 0 Å². The van der Waals surface area contributed by atoms with Crippen LogP contribution in [-0.2, 0) is 9.84 Å². The quantitative estimate of drug-likeness (QED) is 0.695. The lowest BCUT2D eigenvalue weighted by Crippen LogP contribution is -2.36. The molecular formula is C21H24FN3O2S. The van der Waals surface area contributed by atoms with Crippen molar-refractivity contribution in [1.82, 2.24) is 9.88 Å². The van der Waals surface area contributed by atoms with E-state index < -0.39 is 15.7 Å². The van der Waals surface area contributed by atoms with Gasteiger partial charge in [-0.05, 0) is 75.8 Å². The lowest BCUT2D eigenvalue weighted by atomic mass is 10.0. The van der Waals surface area contributed by atoms with E-state index in [0.29, 0.717) is 16.9 Å². The summed E-state index contributed by atoms with van der Waals surface area (Å²) in [7, 11) is -1.66. The molecule has 148 valence electrons. The summed E-state index contributed by atoms with van der Waals surface area (Å²) in [5.41, 5.74) is 2.43. The molecule has 0 radical (unpaired) electrons. The maximum Gasteiger partial charge on any atom is 0.208 e. The molecule has 3 aromatic rings. The highest BCUT2D eigenvalue weighted by Crippen LogP contribution is 2.31. The van der Waals surface area contributed by atoms with Crippen LogP contribution in [0.15, 0.2) is 52.4 Å². The Balaban J connectivity index is 1.69. The first kappa shape index (κ1) is 19.0. The van der Waals surface area contributed by atoms with E-state index in [1.807, 2.05) is 13.0 Å². The number of aromatic amines is 1. The summed E-state index contributed by atoms with van der Waals surface area (Å²) < 4.78 is 40.2. The van der Waals surface area contributed by atoms with E-state index in [1.54, 1.807) is 18.2 Å². The molecule has 0 saturated carbocycles. The Morgan fingerprint density at radius 3 is 2.64 bits per heavy atom. The molecular weight excluding hydrogens is 377 g/mol. The van der Waals surface area contributed by atoms with Gasteiger partial charge >= 0.3 is 0 Å². The second-order valence-corrected chi connectivity index (χ2v) is 9.46. The van der Waals surface area contributed by atoms with Gasteiger partial charge in [-0.1, -0.05) is 6.07 Å². The molecule has 0 atom stereocenters. The molecule has 0 bridgehead atoms. The molecule has 0 aliphatic carbocycles. The van der Waals surface area contributed by atoms with Crippen LogP contribution >= 0.6 is 0 Å². The van der Waals surface area contributed by atoms with Crippen LogP contribution < -0.4 is 5.32 Å². The fraction of sp³-hybridized carbons (Fsp3) is 0.333. The number of rotatable bonds is 4. The van der Waals surface area contributed by atoms with Crippen molar-refractivity contribution >= 4 is 26.4 Å². The molecule has 2 N–H and O–H groups in total. The predicted molar refractivity (Wildman–Crippen MR) is 109 cm³/mol. The molecule has 2 aromatic carbocycles. The topological polar surface area (TPSA) is 65.2 Å². The maximum atomic E-state index is 13.7. The van der Waals surface area contributed by atoms with Gasteiger partial charge in [0, 0.05) is 28.8 Å². The largest absolute Gasteiger partial charge is 0.382 e. The van der Waals surface area contributed by atoms with Crippen molar-refractivity contribution in [3.05, 3.63) is 54.0 Å². The zero-order chi connectivity index (χ0) is 19.9. The van der Waals surface area contributed by atoms with Gasteiger partial charge in [-0.2, -0.15) is 0 Å². The second-order valence-electron chi connectivity index (χ2n) is 7.54. The van der Waals surface area contributed by atoms with E-state index in [1.165, 1.54) is 18.3 Å². The number of halogens is 1. The highest BCUT2D eigenvalue weighted by atomic mass is 32.2. The van der Waals surface area contributed by atoms with Crippen LogP contribution in [0, 0.1) is 12.7 Å². The average Bonchev–Trinajstić information content (AvgIpc) is 3.09. The van der Waals surface area contributed by atoms with Gasteiger partial charge in [0.2, 0.25) is 9.84 Å². The lowest BCUT2D eigenvalue weighted by molar-refractivity contribution is 0.264. The first-order valence-electron chi connectivity index (χ1n) is 9.42. The molecule has 7 heteroatoms. The summed E-state index contributed by atoms with van der Waals surface area (Å²) in [6, 6.07) is 9.57. The number of aromatic nitrogens is 1. The first-order chi connectivity index (χ1) is 13.3. The lowest BCUT2D eigenvalue weighted by Gasteiger charge is -2.30. The van der Waals surface area contributed by atoms with Gasteiger partial charge < -0.3 is 15.2 Å². The maximum absolute atomic E-state index is 13.7. The van der Waals surface area contributed by atoms with Crippen molar-refractivity contribution in [3.63, 3.8) is 0 Å². The number of anilines is 1. The second kappa shape index (κ2) is 7.22. The Bertz CT molecular complexity index is 1120. The molecule has 1 fully saturated rings. The number of aryl methyl sites for hydroxylation is 1. The number of piperidine rings is 1. The summed E-state index contributed by atoms with van der Waals surface area (Å²) in [6.45, 7) is 4.01. The average molecular weight is 402 g/mol. The van der Waals surface area contributed by atoms with Crippen molar-refractivity contribution in [3.8, 4) is 0 Å². The summed E-state index contributed by atoms with van der Waals surface area (Å²) in [5.74, 6) is -0.461. The summed E-state index contributed by atoms with van der Waals surface area (Å²) in [5, 5.41) is 3.88. The van der Waals surface area contributed by atoms with Gasteiger partial charge in [0.25, 0.3) is 0 Å². The van der Waals surface area contributed by atoms with Crippen molar-refractivity contribution in [2.75, 3.05) is 25.5 Å². The third-order valence-electron chi connectivity index (χ3n) is 5.49. The SMILES string of the molecule is Cc1ccc(S(=O)(=O)c2c[nH]c3ccc(F)cc23)cc1NC1CCN(C)CC1. The van der Waals surface area contributed by atoms with Crippen molar-refractivity contribution in [2.45, 2.75) is 35.6 Å². The highest BCUT2D eigenvalue weighted by molar-refractivity contribution is 7.91. The number of likely N-dealkylation sites (tertiary alicyclic amines) is 1. The number of sulfone groups is 1. The van der Waals surface area contributed by atoms with Crippen LogP contribution in [0.2, 0.25) is 0 Å². The van der Waals surface area contributed by atoms with Crippen molar-refractivity contribution in [2.24, 2.45) is 0 Å². The van der Waals surface area contributed by atoms with Crippen LogP contribution in [0.4, 0.5) is 10.1 Å². The number of nitrogens with one attached hydrogen (secondary N) is 2. The van der Waals surface area contributed by atoms with Gasteiger partial charge in [-0.3, -0.25) is 0 Å². The number of hydrogen-bond acceptors (Lipinski definition) is 4. The zero-order valence-corrected chi connectivity index (χ0v) is 16.8. The van der Waals surface area contributed by atoms with E-state index >= 15 is 0 Å². The van der Waals surface area contributed by atoms with Gasteiger partial charge in [0.05, 0.1) is 9.79 Å². The Hall–Kier alpha value is -2.38. The summed E-state index contributed by atoms with van der Waals surface area (Å²) in [6.07, 6.45) is 3.48. The van der Waals surface area contributed by atoms with Gasteiger partial charge in [0.1, 0.15) is 5.82 Å². The van der Waals surface area contributed by atoms with Gasteiger partial charge in [-0.15, -0.1) is 0 Å². The number of fused-ring (bicyclic) bond motifs is 1. The molecule has 1 aliphatic rings. The number of nitrogens with zero attached hydrogens (tertiary/aromatic N) is 1. The normalized spacial score (nSPS) is 16.5. The molecule has 1 saturated heterocycles. The number of hydrogen-bond donors (Lipinski definition) is 2. The van der Waals surface area contributed by atoms with E-state index in [9.17, 15) is 12.8 Å². The fourth-order valence-corrected chi connectivity index (χ4v) is 5.16. The molecule has 0 spiro atoms. The predicted octanol–water partition coefficient (Wildman–Crippen LogP) is 3.95.